The van der Waals surface area contributed by atoms with E-state index in [1.165, 1.54) is 15.7 Å². The number of carbonyl (C=O) groups excluding carboxylic acids is 3. The maximum absolute atomic E-state index is 11.8. The standard InChI is InChI=1S/C11H9N5O3/c17-5-7-1-2-9(16-10(7)12-6-13-16)15-4-3-8(18)14-11(15)19/h1-2,5-6H,3-4H2,(H,14,18,19). The van der Waals surface area contributed by atoms with Crippen LogP contribution in [0.3, 0.4) is 0 Å². The first-order valence-corrected chi connectivity index (χ1v) is 5.60. The molecule has 0 atom stereocenters. The van der Waals surface area contributed by atoms with Crippen LogP contribution in [-0.4, -0.2) is 39.4 Å². The topological polar surface area (TPSA) is 96.7 Å². The van der Waals surface area contributed by atoms with Gasteiger partial charge in [0.1, 0.15) is 12.1 Å². The fourth-order valence-electron chi connectivity index (χ4n) is 1.99. The summed E-state index contributed by atoms with van der Waals surface area (Å²) in [6, 6.07) is 2.66. The summed E-state index contributed by atoms with van der Waals surface area (Å²) in [5, 5.41) is 6.23. The monoisotopic (exact) mass is 259 g/mol. The van der Waals surface area contributed by atoms with Gasteiger partial charge in [0.25, 0.3) is 0 Å². The lowest BCUT2D eigenvalue weighted by Gasteiger charge is -2.26. The van der Waals surface area contributed by atoms with Crippen molar-refractivity contribution >= 4 is 29.7 Å². The number of urea groups is 1. The number of anilines is 1. The average Bonchev–Trinajstić information content (AvgIpc) is 2.87. The molecule has 0 radical (unpaired) electrons. The number of nitrogens with zero attached hydrogens (tertiary/aromatic N) is 4. The van der Waals surface area contributed by atoms with Crippen LogP contribution in [-0.2, 0) is 4.79 Å². The van der Waals surface area contributed by atoms with Gasteiger partial charge >= 0.3 is 6.03 Å². The highest BCUT2D eigenvalue weighted by molar-refractivity contribution is 6.05. The van der Waals surface area contributed by atoms with Crippen LogP contribution < -0.4 is 10.2 Å². The zero-order valence-electron chi connectivity index (χ0n) is 9.74. The molecule has 1 saturated heterocycles. The molecule has 0 unspecified atom stereocenters. The van der Waals surface area contributed by atoms with E-state index < -0.39 is 6.03 Å². The van der Waals surface area contributed by atoms with Gasteiger partial charge in [0, 0.05) is 13.0 Å². The molecule has 3 rings (SSSR count). The molecule has 1 fully saturated rings. The third-order valence-electron chi connectivity index (χ3n) is 2.89. The number of rotatable bonds is 2. The van der Waals surface area contributed by atoms with Crippen LogP contribution in [0.5, 0.6) is 0 Å². The lowest BCUT2D eigenvalue weighted by atomic mass is 10.2. The Morgan fingerprint density at radius 2 is 2.16 bits per heavy atom. The Balaban J connectivity index is 2.11. The van der Waals surface area contributed by atoms with Gasteiger partial charge in [-0.15, -0.1) is 0 Å². The first kappa shape index (κ1) is 11.3. The van der Waals surface area contributed by atoms with Gasteiger partial charge in [-0.1, -0.05) is 0 Å². The third-order valence-corrected chi connectivity index (χ3v) is 2.89. The van der Waals surface area contributed by atoms with Crippen molar-refractivity contribution < 1.29 is 14.4 Å². The zero-order chi connectivity index (χ0) is 13.4. The lowest BCUT2D eigenvalue weighted by molar-refractivity contribution is -0.120. The van der Waals surface area contributed by atoms with E-state index in [-0.39, 0.29) is 18.9 Å². The maximum atomic E-state index is 11.8. The number of hydrogen-bond donors (Lipinski definition) is 1. The zero-order valence-corrected chi connectivity index (χ0v) is 9.74. The van der Waals surface area contributed by atoms with E-state index in [0.717, 1.165) is 0 Å². The van der Waals surface area contributed by atoms with Gasteiger partial charge in [-0.05, 0) is 12.1 Å². The molecule has 1 aliphatic rings. The Labute approximate surface area is 107 Å². The summed E-state index contributed by atoms with van der Waals surface area (Å²) >= 11 is 0. The van der Waals surface area contributed by atoms with Gasteiger partial charge < -0.3 is 0 Å². The van der Waals surface area contributed by atoms with Crippen molar-refractivity contribution in [1.29, 1.82) is 0 Å². The number of nitrogens with one attached hydrogen (secondary N) is 1. The molecule has 0 spiro atoms. The Morgan fingerprint density at radius 1 is 1.32 bits per heavy atom. The van der Waals surface area contributed by atoms with Crippen LogP contribution >= 0.6 is 0 Å². The van der Waals surface area contributed by atoms with E-state index in [2.05, 4.69) is 15.4 Å². The molecule has 0 bridgehead atoms. The number of imide groups is 1. The van der Waals surface area contributed by atoms with Gasteiger partial charge in [-0.25, -0.2) is 9.78 Å². The second kappa shape index (κ2) is 4.16. The molecule has 1 N–H and O–H groups in total. The molecule has 0 saturated carbocycles. The molecule has 8 nitrogen and oxygen atoms in total. The Bertz CT molecular complexity index is 693. The summed E-state index contributed by atoms with van der Waals surface area (Å²) < 4.78 is 1.40. The Morgan fingerprint density at radius 3 is 2.89 bits per heavy atom. The largest absolute Gasteiger partial charge is 0.329 e. The molecule has 2 aromatic heterocycles. The maximum Gasteiger partial charge on any atom is 0.329 e. The Kier molecular flexibility index (Phi) is 2.48. The molecular formula is C11H9N5O3. The number of aromatic nitrogens is 3. The summed E-state index contributed by atoms with van der Waals surface area (Å²) in [6.07, 6.45) is 2.20. The highest BCUT2D eigenvalue weighted by Gasteiger charge is 2.26. The van der Waals surface area contributed by atoms with Crippen molar-refractivity contribution in [3.63, 3.8) is 0 Å². The van der Waals surface area contributed by atoms with Gasteiger partial charge in [0.2, 0.25) is 5.91 Å². The molecule has 8 heteroatoms. The number of fused-ring (bicyclic) bond motifs is 1. The van der Waals surface area contributed by atoms with E-state index >= 15 is 0 Å². The predicted octanol–water partition coefficient (Wildman–Crippen LogP) is -0.0119. The summed E-state index contributed by atoms with van der Waals surface area (Å²) in [4.78, 5) is 39.2. The number of carbonyl (C=O) groups is 3. The first-order valence-electron chi connectivity index (χ1n) is 5.60. The van der Waals surface area contributed by atoms with Gasteiger partial charge in [0.15, 0.2) is 11.9 Å². The van der Waals surface area contributed by atoms with Gasteiger partial charge in [-0.3, -0.25) is 19.8 Å². The van der Waals surface area contributed by atoms with E-state index in [0.29, 0.717) is 23.3 Å². The van der Waals surface area contributed by atoms with Crippen molar-refractivity contribution in [2.75, 3.05) is 11.4 Å². The first-order chi connectivity index (χ1) is 9.20. The fraction of sp³-hybridized carbons (Fsp3) is 0.182. The molecule has 0 aromatic carbocycles. The number of hydrogen-bond acceptors (Lipinski definition) is 5. The molecule has 96 valence electrons. The molecular weight excluding hydrogens is 250 g/mol. The van der Waals surface area contributed by atoms with Crippen molar-refractivity contribution in [2.24, 2.45) is 0 Å². The summed E-state index contributed by atoms with van der Waals surface area (Å²) in [5.41, 5.74) is 0.756. The van der Waals surface area contributed by atoms with Crippen molar-refractivity contribution in [2.45, 2.75) is 6.42 Å². The van der Waals surface area contributed by atoms with Gasteiger partial charge in [-0.2, -0.15) is 9.61 Å². The second-order valence-electron chi connectivity index (χ2n) is 4.02. The van der Waals surface area contributed by atoms with E-state index in [9.17, 15) is 14.4 Å². The Hall–Kier alpha value is -2.77. The highest BCUT2D eigenvalue weighted by atomic mass is 16.2. The molecule has 3 heterocycles. The molecule has 2 aromatic rings. The summed E-state index contributed by atoms with van der Waals surface area (Å²) in [6.45, 7) is 0.264. The van der Waals surface area contributed by atoms with Crippen molar-refractivity contribution in [3.8, 4) is 0 Å². The SMILES string of the molecule is O=Cc1ccc(N2CCC(=O)NC2=O)n2ncnc12. The average molecular weight is 259 g/mol. The minimum atomic E-state index is -0.507. The fourth-order valence-corrected chi connectivity index (χ4v) is 1.99. The molecule has 3 amide bonds. The third kappa shape index (κ3) is 1.73. The van der Waals surface area contributed by atoms with E-state index in [1.54, 1.807) is 12.1 Å². The summed E-state index contributed by atoms with van der Waals surface area (Å²) in [5.74, 6) is 0.156. The van der Waals surface area contributed by atoms with Crippen molar-refractivity contribution in [1.82, 2.24) is 19.9 Å². The molecule has 1 aliphatic heterocycles. The minimum Gasteiger partial charge on any atom is -0.298 e. The van der Waals surface area contributed by atoms with Crippen LogP contribution in [0.15, 0.2) is 18.5 Å². The van der Waals surface area contributed by atoms with Gasteiger partial charge in [0.05, 0.1) is 5.56 Å². The highest BCUT2D eigenvalue weighted by Crippen LogP contribution is 2.19. The molecule has 0 aliphatic carbocycles. The smallest absolute Gasteiger partial charge is 0.298 e. The van der Waals surface area contributed by atoms with Crippen molar-refractivity contribution in [3.05, 3.63) is 24.0 Å². The summed E-state index contributed by atoms with van der Waals surface area (Å²) in [7, 11) is 0. The van der Waals surface area contributed by atoms with Crippen LogP contribution in [0.1, 0.15) is 16.8 Å². The predicted molar refractivity (Wildman–Crippen MR) is 63.9 cm³/mol. The second-order valence-corrected chi connectivity index (χ2v) is 4.02. The number of pyridine rings is 1. The lowest BCUT2D eigenvalue weighted by Crippen LogP contribution is -2.50. The minimum absolute atomic E-state index is 0.220. The number of amides is 3. The normalized spacial score (nSPS) is 15.7. The number of aldehydes is 1. The van der Waals surface area contributed by atoms with Crippen LogP contribution in [0.25, 0.3) is 5.65 Å². The van der Waals surface area contributed by atoms with Crippen LogP contribution in [0.2, 0.25) is 0 Å². The van der Waals surface area contributed by atoms with Crippen LogP contribution in [0, 0.1) is 0 Å². The molecule has 19 heavy (non-hydrogen) atoms. The quantitative estimate of drug-likeness (QED) is 0.765. The van der Waals surface area contributed by atoms with Crippen LogP contribution in [0.4, 0.5) is 10.6 Å². The van der Waals surface area contributed by atoms with E-state index in [1.807, 2.05) is 0 Å². The van der Waals surface area contributed by atoms with E-state index in [4.69, 9.17) is 0 Å².